The van der Waals surface area contributed by atoms with Gasteiger partial charge in [-0.05, 0) is 36.8 Å². The van der Waals surface area contributed by atoms with E-state index in [-0.39, 0.29) is 17.2 Å². The molecule has 0 spiro atoms. The van der Waals surface area contributed by atoms with Crippen molar-refractivity contribution in [2.45, 2.75) is 52.6 Å². The van der Waals surface area contributed by atoms with Crippen LogP contribution < -0.4 is 15.5 Å². The number of nitrogens with zero attached hydrogens (tertiary/aromatic N) is 2. The molecule has 162 valence electrons. The van der Waals surface area contributed by atoms with Crippen LogP contribution in [0.4, 0.5) is 11.4 Å². The van der Waals surface area contributed by atoms with Crippen molar-refractivity contribution in [1.82, 2.24) is 0 Å². The lowest BCUT2D eigenvalue weighted by atomic mass is 9.95. The summed E-state index contributed by atoms with van der Waals surface area (Å²) in [6.07, 6.45) is 7.06. The molecule has 1 aromatic rings. The zero-order chi connectivity index (χ0) is 22.0. The Morgan fingerprint density at radius 1 is 1.24 bits per heavy atom. The highest BCUT2D eigenvalue weighted by atomic mass is 16.5. The molecule has 0 fully saturated rings. The van der Waals surface area contributed by atoms with E-state index in [0.717, 1.165) is 30.8 Å². The first kappa shape index (κ1) is 24.7. The Balaban J connectivity index is 0.000000290. The van der Waals surface area contributed by atoms with E-state index in [0.29, 0.717) is 12.8 Å². The van der Waals surface area contributed by atoms with Crippen molar-refractivity contribution in [3.8, 4) is 0 Å². The highest BCUT2D eigenvalue weighted by Crippen LogP contribution is 2.30. The Morgan fingerprint density at radius 2 is 1.86 bits per heavy atom. The number of methoxy groups -OCH3 is 1. The molecule has 1 aromatic carbocycles. The third-order valence-corrected chi connectivity index (χ3v) is 4.75. The van der Waals surface area contributed by atoms with E-state index in [1.807, 2.05) is 38.4 Å². The number of carbonyl (C=O) groups is 2. The minimum absolute atomic E-state index is 0.182. The van der Waals surface area contributed by atoms with E-state index >= 15 is 0 Å². The molecule has 1 unspecified atom stereocenters. The monoisotopic (exact) mass is 403 g/mol. The number of primary amides is 1. The van der Waals surface area contributed by atoms with Crippen LogP contribution in [0.2, 0.25) is 0 Å². The zero-order valence-corrected chi connectivity index (χ0v) is 18.8. The topological polar surface area (TPSA) is 75.9 Å². The zero-order valence-electron chi connectivity index (χ0n) is 18.8. The van der Waals surface area contributed by atoms with E-state index in [4.69, 9.17) is 10.5 Å². The lowest BCUT2D eigenvalue weighted by Gasteiger charge is -2.20. The van der Waals surface area contributed by atoms with Gasteiger partial charge in [-0.3, -0.25) is 9.59 Å². The van der Waals surface area contributed by atoms with E-state index in [9.17, 15) is 9.59 Å². The number of benzene rings is 1. The van der Waals surface area contributed by atoms with E-state index in [1.165, 1.54) is 7.11 Å². The van der Waals surface area contributed by atoms with Gasteiger partial charge in [0.15, 0.2) is 0 Å². The summed E-state index contributed by atoms with van der Waals surface area (Å²) >= 11 is 0. The van der Waals surface area contributed by atoms with Crippen molar-refractivity contribution in [2.75, 3.05) is 37.5 Å². The molecule has 6 heteroatoms. The normalized spacial score (nSPS) is 15.4. The van der Waals surface area contributed by atoms with Gasteiger partial charge >= 0.3 is 0 Å². The average Bonchev–Trinajstić information content (AvgIpc) is 2.77. The molecule has 1 aliphatic heterocycles. The standard InChI is InChI=1S/C12H23NO2.C11H14N2O/c1-12(2,3)9-7-5-6-8-10(15-4)11(13)14;1-12-8-7-11(14)13(2)10-6-4-3-5-9(10)12/h7,9-10H,5-6,8H2,1-4H3,(H2,13,14);3-6H,7-8H2,1-2H3/b9-7+;. The van der Waals surface area contributed by atoms with Gasteiger partial charge in [-0.1, -0.05) is 45.1 Å². The molecule has 0 radical (unpaired) electrons. The van der Waals surface area contributed by atoms with Gasteiger partial charge in [0.25, 0.3) is 0 Å². The summed E-state index contributed by atoms with van der Waals surface area (Å²) in [5, 5.41) is 0. The van der Waals surface area contributed by atoms with Gasteiger partial charge in [0, 0.05) is 34.2 Å². The Labute approximate surface area is 175 Å². The molecule has 2 rings (SSSR count). The SMILES string of the molecule is CN1CCC(=O)N(C)c2ccccc21.COC(CCC/C=C/C(C)(C)C)C(N)=O. The Hall–Kier alpha value is -2.34. The van der Waals surface area contributed by atoms with Crippen LogP contribution in [0.5, 0.6) is 0 Å². The van der Waals surface area contributed by atoms with E-state index < -0.39 is 6.10 Å². The highest BCUT2D eigenvalue weighted by Gasteiger charge is 2.20. The molecule has 0 aromatic heterocycles. The summed E-state index contributed by atoms with van der Waals surface area (Å²) in [4.78, 5) is 26.3. The molecular weight excluding hydrogens is 366 g/mol. The van der Waals surface area contributed by atoms with E-state index in [2.05, 4.69) is 37.8 Å². The highest BCUT2D eigenvalue weighted by molar-refractivity contribution is 5.97. The lowest BCUT2D eigenvalue weighted by molar-refractivity contribution is -0.128. The van der Waals surface area contributed by atoms with Gasteiger partial charge in [0.05, 0.1) is 11.4 Å². The minimum Gasteiger partial charge on any atom is -0.372 e. The molecule has 0 saturated heterocycles. The number of anilines is 2. The van der Waals surface area contributed by atoms with Crippen LogP contribution in [-0.2, 0) is 14.3 Å². The maximum Gasteiger partial charge on any atom is 0.246 e. The quantitative estimate of drug-likeness (QED) is 0.580. The number of rotatable bonds is 6. The predicted molar refractivity (Wildman–Crippen MR) is 120 cm³/mol. The van der Waals surface area contributed by atoms with Gasteiger partial charge in [-0.15, -0.1) is 0 Å². The summed E-state index contributed by atoms with van der Waals surface area (Å²) in [7, 11) is 5.37. The molecule has 0 bridgehead atoms. The minimum atomic E-state index is -0.437. The predicted octanol–water partition coefficient (Wildman–Crippen LogP) is 3.75. The van der Waals surface area contributed by atoms with E-state index in [1.54, 1.807) is 4.90 Å². The second kappa shape index (κ2) is 11.6. The molecule has 1 heterocycles. The van der Waals surface area contributed by atoms with Crippen molar-refractivity contribution >= 4 is 23.2 Å². The molecule has 6 nitrogen and oxygen atoms in total. The fraction of sp³-hybridized carbons (Fsp3) is 0.565. The summed E-state index contributed by atoms with van der Waals surface area (Å²) in [5.41, 5.74) is 7.50. The van der Waals surface area contributed by atoms with Crippen LogP contribution in [0, 0.1) is 5.41 Å². The van der Waals surface area contributed by atoms with Crippen LogP contribution in [0.15, 0.2) is 36.4 Å². The number of hydrogen-bond acceptors (Lipinski definition) is 4. The number of hydrogen-bond donors (Lipinski definition) is 1. The fourth-order valence-electron chi connectivity index (χ4n) is 2.99. The number of para-hydroxylation sites is 2. The molecule has 2 amide bonds. The summed E-state index contributed by atoms with van der Waals surface area (Å²) in [6.45, 7) is 7.26. The fourth-order valence-corrected chi connectivity index (χ4v) is 2.99. The van der Waals surface area contributed by atoms with Gasteiger partial charge in [-0.25, -0.2) is 0 Å². The van der Waals surface area contributed by atoms with Gasteiger partial charge in [0.2, 0.25) is 11.8 Å². The maximum absolute atomic E-state index is 11.6. The second-order valence-corrected chi connectivity index (χ2v) is 8.44. The molecule has 2 N–H and O–H groups in total. The first-order chi connectivity index (χ1) is 13.6. The Morgan fingerprint density at radius 3 is 2.41 bits per heavy atom. The van der Waals surface area contributed by atoms with Crippen LogP contribution >= 0.6 is 0 Å². The summed E-state index contributed by atoms with van der Waals surface area (Å²) in [5.74, 6) is -0.195. The average molecular weight is 404 g/mol. The lowest BCUT2D eigenvalue weighted by Crippen LogP contribution is -2.29. The number of nitrogens with two attached hydrogens (primary N) is 1. The number of ether oxygens (including phenoxy) is 1. The molecule has 1 aliphatic rings. The second-order valence-electron chi connectivity index (χ2n) is 8.44. The number of unbranched alkanes of at least 4 members (excludes halogenated alkanes) is 1. The van der Waals surface area contributed by atoms with Crippen LogP contribution in [0.1, 0.15) is 46.5 Å². The molecule has 0 saturated carbocycles. The van der Waals surface area contributed by atoms with Crippen molar-refractivity contribution in [3.05, 3.63) is 36.4 Å². The van der Waals surface area contributed by atoms with Gasteiger partial charge in [-0.2, -0.15) is 0 Å². The number of fused-ring (bicyclic) bond motifs is 1. The van der Waals surface area contributed by atoms with Gasteiger partial charge < -0.3 is 20.3 Å². The van der Waals surface area contributed by atoms with Gasteiger partial charge in [0.1, 0.15) is 6.10 Å². The number of carbonyl (C=O) groups excluding carboxylic acids is 2. The van der Waals surface area contributed by atoms with Crippen molar-refractivity contribution < 1.29 is 14.3 Å². The maximum atomic E-state index is 11.6. The van der Waals surface area contributed by atoms with Crippen LogP contribution in [-0.4, -0.2) is 45.7 Å². The van der Waals surface area contributed by atoms with Crippen molar-refractivity contribution in [3.63, 3.8) is 0 Å². The number of allylic oxidation sites excluding steroid dienone is 2. The van der Waals surface area contributed by atoms with Crippen molar-refractivity contribution in [1.29, 1.82) is 0 Å². The molecule has 29 heavy (non-hydrogen) atoms. The molecule has 1 atom stereocenters. The Bertz CT molecular complexity index is 695. The number of amides is 2. The van der Waals surface area contributed by atoms with Crippen molar-refractivity contribution in [2.24, 2.45) is 11.1 Å². The molecular formula is C23H37N3O3. The summed E-state index contributed by atoms with van der Waals surface area (Å²) < 4.78 is 4.96. The largest absolute Gasteiger partial charge is 0.372 e. The first-order valence-electron chi connectivity index (χ1n) is 10.1. The third kappa shape index (κ3) is 8.69. The summed E-state index contributed by atoms with van der Waals surface area (Å²) in [6, 6.07) is 7.99. The smallest absolute Gasteiger partial charge is 0.246 e. The third-order valence-electron chi connectivity index (χ3n) is 4.75. The molecule has 0 aliphatic carbocycles. The Kier molecular flexibility index (Phi) is 9.89. The van der Waals surface area contributed by atoms with Crippen LogP contribution in [0.3, 0.4) is 0 Å². The van der Waals surface area contributed by atoms with Crippen LogP contribution in [0.25, 0.3) is 0 Å². The first-order valence-corrected chi connectivity index (χ1v) is 10.1.